The summed E-state index contributed by atoms with van der Waals surface area (Å²) < 4.78 is 2.24. The maximum absolute atomic E-state index is 14.3. The lowest BCUT2D eigenvalue weighted by Gasteiger charge is -2.29. The van der Waals surface area contributed by atoms with Crippen LogP contribution in [0.1, 0.15) is 279 Å². The Kier molecular flexibility index (Phi) is 24.4. The second kappa shape index (κ2) is 30.0. The van der Waals surface area contributed by atoms with Crippen LogP contribution in [-0.4, -0.2) is 56.4 Å². The fourth-order valence-corrected chi connectivity index (χ4v) is 11.6. The number of ketones is 1. The molecule has 0 saturated heterocycles. The van der Waals surface area contributed by atoms with Crippen LogP contribution < -0.4 is 4.90 Å². The van der Waals surface area contributed by atoms with Gasteiger partial charge in [0.25, 0.3) is 0 Å². The molecule has 5 rings (SSSR count). The van der Waals surface area contributed by atoms with Gasteiger partial charge in [-0.25, -0.2) is 9.59 Å². The van der Waals surface area contributed by atoms with E-state index < -0.39 is 22.8 Å². The molecule has 0 radical (unpaired) electrons. The number of carbonyl (C=O) groups excluding carboxylic acids is 1. The van der Waals surface area contributed by atoms with Crippen molar-refractivity contribution < 1.29 is 34.3 Å². The van der Waals surface area contributed by atoms with E-state index in [-0.39, 0.29) is 33.8 Å². The first-order valence-corrected chi connectivity index (χ1v) is 29.4. The largest absolute Gasteiger partial charge is 0.506 e. The Morgan fingerprint density at radius 3 is 1.36 bits per heavy atom. The number of aliphatic hydroxyl groups excluding tert-OH is 1. The van der Waals surface area contributed by atoms with Crippen molar-refractivity contribution in [2.75, 3.05) is 18.0 Å². The number of nitrogens with zero attached hydrogens (tertiary/aromatic N) is 2. The van der Waals surface area contributed by atoms with Gasteiger partial charge in [0.05, 0.1) is 27.7 Å². The van der Waals surface area contributed by atoms with Crippen molar-refractivity contribution in [1.29, 1.82) is 0 Å². The smallest absolute Gasteiger partial charge is 0.335 e. The molecule has 0 amide bonds. The second-order valence-electron chi connectivity index (χ2n) is 22.8. The predicted molar refractivity (Wildman–Crippen MR) is 300 cm³/mol. The van der Waals surface area contributed by atoms with Crippen LogP contribution in [0.2, 0.25) is 0 Å². The van der Waals surface area contributed by atoms with Gasteiger partial charge in [-0.1, -0.05) is 214 Å². The molecule has 2 aliphatic heterocycles. The van der Waals surface area contributed by atoms with Gasteiger partial charge in [-0.2, -0.15) is 4.58 Å². The molecule has 0 unspecified atom stereocenters. The molecule has 8 heteroatoms. The Morgan fingerprint density at radius 2 is 0.931 bits per heavy atom. The number of fused-ring (bicyclic) bond motifs is 2. The molecule has 3 aliphatic rings. The molecule has 0 atom stereocenters. The number of allylic oxidation sites excluding steroid dienone is 5. The fraction of sp³-hybridized carbons (Fsp3) is 0.656. The van der Waals surface area contributed by atoms with Crippen LogP contribution in [0.4, 0.5) is 11.4 Å². The SMILES string of the molecule is CCCCCCCCCCCCCCCCCCN1/C(=C\C2=C(O)C(=C\C3=[N+](CCCCCCCCCCCCCCCCCC)c4ccc(C(=O)O)cc4C3(C)C)/C2=O)C(C)(C)c2cc(C(=O)O)ccc21. The van der Waals surface area contributed by atoms with E-state index in [9.17, 15) is 29.7 Å². The average Bonchev–Trinajstić information content (AvgIpc) is 3.70. The van der Waals surface area contributed by atoms with E-state index in [0.717, 1.165) is 72.7 Å². The predicted octanol–water partition coefficient (Wildman–Crippen LogP) is 18.0. The third-order valence-corrected chi connectivity index (χ3v) is 16.3. The number of carbonyl (C=O) groups is 3. The van der Waals surface area contributed by atoms with Crippen molar-refractivity contribution in [3.63, 3.8) is 0 Å². The number of unbranched alkanes of at least 4 members (excludes halogenated alkanes) is 30. The minimum atomic E-state index is -0.975. The number of hydrogen-bond acceptors (Lipinski definition) is 5. The number of aliphatic hydroxyl groups is 1. The molecule has 2 aromatic carbocycles. The number of carboxylic acids is 2. The highest BCUT2D eigenvalue weighted by atomic mass is 16.4. The van der Waals surface area contributed by atoms with Gasteiger partial charge in [0.15, 0.2) is 5.71 Å². The summed E-state index contributed by atoms with van der Waals surface area (Å²) in [7, 11) is 0. The van der Waals surface area contributed by atoms with E-state index in [4.69, 9.17) is 0 Å². The highest BCUT2D eigenvalue weighted by molar-refractivity contribution is 6.24. The van der Waals surface area contributed by atoms with Crippen molar-refractivity contribution in [2.45, 2.75) is 258 Å². The van der Waals surface area contributed by atoms with Crippen molar-refractivity contribution in [2.24, 2.45) is 0 Å². The molecule has 2 heterocycles. The van der Waals surface area contributed by atoms with E-state index in [1.807, 2.05) is 24.3 Å². The summed E-state index contributed by atoms with van der Waals surface area (Å²) in [5, 5.41) is 31.7. The number of Topliss-reactive ketones (excluding diaryl/α,β-unsaturated/α-hetero) is 1. The van der Waals surface area contributed by atoms with E-state index >= 15 is 0 Å². The second-order valence-corrected chi connectivity index (χ2v) is 22.8. The Hall–Kier alpha value is -4.46. The first-order chi connectivity index (χ1) is 34.7. The first kappa shape index (κ1) is 58.4. The van der Waals surface area contributed by atoms with Crippen molar-refractivity contribution in [1.82, 2.24) is 0 Å². The minimum Gasteiger partial charge on any atom is -0.506 e. The lowest BCUT2D eigenvalue weighted by molar-refractivity contribution is -0.438. The highest BCUT2D eigenvalue weighted by Crippen LogP contribution is 2.50. The molecule has 1 aliphatic carbocycles. The lowest BCUT2D eigenvalue weighted by atomic mass is 9.77. The Labute approximate surface area is 436 Å². The summed E-state index contributed by atoms with van der Waals surface area (Å²) in [4.78, 5) is 40.8. The maximum Gasteiger partial charge on any atom is 0.335 e. The molecule has 8 nitrogen and oxygen atoms in total. The van der Waals surface area contributed by atoms with Crippen LogP contribution in [-0.2, 0) is 15.6 Å². The molecule has 0 fully saturated rings. The van der Waals surface area contributed by atoms with Crippen LogP contribution in [0.5, 0.6) is 0 Å². The highest BCUT2D eigenvalue weighted by Gasteiger charge is 2.48. The van der Waals surface area contributed by atoms with Crippen LogP contribution in [0, 0.1) is 0 Å². The molecular formula is C64H97N2O6+. The summed E-state index contributed by atoms with van der Waals surface area (Å²) in [6.07, 6.45) is 45.1. The van der Waals surface area contributed by atoms with Crippen LogP contribution in [0.3, 0.4) is 0 Å². The monoisotopic (exact) mass is 990 g/mol. The van der Waals surface area contributed by atoms with Crippen molar-refractivity contribution >= 4 is 34.8 Å². The topological polar surface area (TPSA) is 118 Å². The summed E-state index contributed by atoms with van der Waals surface area (Å²) in [6, 6.07) is 10.7. The molecule has 0 bridgehead atoms. The molecule has 2 aromatic rings. The van der Waals surface area contributed by atoms with Crippen LogP contribution >= 0.6 is 0 Å². The number of aromatic carboxylic acids is 2. The third kappa shape index (κ3) is 16.3. The molecule has 3 N–H and O–H groups in total. The summed E-state index contributed by atoms with van der Waals surface area (Å²) in [5.74, 6) is -2.22. The van der Waals surface area contributed by atoms with Gasteiger partial charge in [0.1, 0.15) is 12.3 Å². The zero-order chi connectivity index (χ0) is 51.9. The summed E-state index contributed by atoms with van der Waals surface area (Å²) >= 11 is 0. The van der Waals surface area contributed by atoms with Gasteiger partial charge < -0.3 is 20.2 Å². The van der Waals surface area contributed by atoms with Gasteiger partial charge in [-0.05, 0) is 68.7 Å². The average molecular weight is 990 g/mol. The Balaban J connectivity index is 1.22. The minimum absolute atomic E-state index is 0.0410. The van der Waals surface area contributed by atoms with Gasteiger partial charge >= 0.3 is 11.9 Å². The van der Waals surface area contributed by atoms with Crippen molar-refractivity contribution in [3.05, 3.63) is 93.4 Å². The molecular weight excluding hydrogens is 893 g/mol. The standard InChI is InChI=1S/C64H96N2O6/c1-7-9-11-13-15-17-19-21-23-25-27-29-31-33-35-37-43-65-55-41-39-49(61(69)70)45-53(55)63(3,4)57(65)47-51-59(67)52(60(51)68)48-58-64(5,6)54-46-50(62(71)72)40-42-56(54)66(58)44-38-36-34-32-30-28-26-24-22-20-18-16-14-12-10-8-2/h39-42,45-48H,7-38,43-44H2,1-6H3,(H2-,67,68,69,70,71,72)/p+1. The maximum atomic E-state index is 14.3. The van der Waals surface area contributed by atoms with Gasteiger partial charge in [0, 0.05) is 47.5 Å². The van der Waals surface area contributed by atoms with Crippen molar-refractivity contribution in [3.8, 4) is 0 Å². The molecule has 398 valence electrons. The molecule has 72 heavy (non-hydrogen) atoms. The van der Waals surface area contributed by atoms with E-state index in [1.54, 1.807) is 24.3 Å². The van der Waals surface area contributed by atoms with E-state index in [0.29, 0.717) is 0 Å². The fourth-order valence-electron chi connectivity index (χ4n) is 11.6. The van der Waals surface area contributed by atoms with Crippen LogP contribution in [0.25, 0.3) is 0 Å². The zero-order valence-corrected chi connectivity index (χ0v) is 46.1. The molecule has 0 spiro atoms. The first-order valence-electron chi connectivity index (χ1n) is 29.4. The van der Waals surface area contributed by atoms with Gasteiger partial charge in [-0.15, -0.1) is 0 Å². The Morgan fingerprint density at radius 1 is 0.528 bits per heavy atom. The number of carboxylic acid groups (broad SMARTS) is 2. The zero-order valence-electron chi connectivity index (χ0n) is 46.1. The summed E-state index contributed by atoms with van der Waals surface area (Å²) in [5.41, 5.74) is 5.22. The quantitative estimate of drug-likeness (QED) is 0.0348. The number of anilines is 1. The Bertz CT molecular complexity index is 2210. The van der Waals surface area contributed by atoms with E-state index in [2.05, 4.69) is 51.0 Å². The molecule has 0 aromatic heterocycles. The number of hydrogen-bond donors (Lipinski definition) is 3. The number of rotatable bonds is 38. The van der Waals surface area contributed by atoms with Gasteiger partial charge in [0.2, 0.25) is 11.5 Å². The third-order valence-electron chi connectivity index (χ3n) is 16.3. The van der Waals surface area contributed by atoms with E-state index in [1.165, 1.54) is 180 Å². The van der Waals surface area contributed by atoms with Gasteiger partial charge in [-0.3, -0.25) is 4.79 Å². The molecule has 0 saturated carbocycles. The normalized spacial score (nSPS) is 16.9. The van der Waals surface area contributed by atoms with Crippen LogP contribution in [0.15, 0.2) is 71.2 Å². The number of benzene rings is 2. The summed E-state index contributed by atoms with van der Waals surface area (Å²) in [6.45, 7) is 14.3. The lowest BCUT2D eigenvalue weighted by Crippen LogP contribution is -2.32.